The molecule has 17 heavy (non-hydrogen) atoms. The molecule has 0 heterocycles. The number of rotatable bonds is 6. The summed E-state index contributed by atoms with van der Waals surface area (Å²) in [6, 6.07) is 4.53. The Hall–Kier alpha value is -1.10. The van der Waals surface area contributed by atoms with Gasteiger partial charge in [-0.3, -0.25) is 10.1 Å². The molecular formula is C12H16BrNO3. The highest BCUT2D eigenvalue weighted by molar-refractivity contribution is 9.10. The number of halogens is 1. The maximum Gasteiger partial charge on any atom is 0.273 e. The summed E-state index contributed by atoms with van der Waals surface area (Å²) >= 11 is 3.32. The maximum absolute atomic E-state index is 10.6. The highest BCUT2D eigenvalue weighted by Crippen LogP contribution is 2.29. The summed E-state index contributed by atoms with van der Waals surface area (Å²) in [5.41, 5.74) is 0.0475. The van der Waals surface area contributed by atoms with E-state index in [1.807, 2.05) is 0 Å². The van der Waals surface area contributed by atoms with Crippen molar-refractivity contribution in [1.82, 2.24) is 0 Å². The molecule has 94 valence electrons. The van der Waals surface area contributed by atoms with E-state index in [4.69, 9.17) is 4.74 Å². The van der Waals surface area contributed by atoms with Crippen molar-refractivity contribution in [2.45, 2.75) is 26.7 Å². The Balaban J connectivity index is 2.69. The van der Waals surface area contributed by atoms with Crippen LogP contribution in [0.5, 0.6) is 5.75 Å². The molecule has 0 spiro atoms. The molecule has 0 aromatic heterocycles. The van der Waals surface area contributed by atoms with Crippen LogP contribution in [0.4, 0.5) is 5.69 Å². The normalized spacial score (nSPS) is 12.2. The average molecular weight is 302 g/mol. The molecule has 1 rings (SSSR count). The summed E-state index contributed by atoms with van der Waals surface area (Å²) in [5, 5.41) is 10.6. The van der Waals surface area contributed by atoms with E-state index in [2.05, 4.69) is 29.8 Å². The molecule has 0 aliphatic heterocycles. The Morgan fingerprint density at radius 3 is 2.82 bits per heavy atom. The van der Waals surface area contributed by atoms with Gasteiger partial charge < -0.3 is 4.74 Å². The molecule has 0 radical (unpaired) electrons. The van der Waals surface area contributed by atoms with Crippen LogP contribution in [0.2, 0.25) is 0 Å². The predicted octanol–water partition coefficient (Wildman–Crippen LogP) is 4.17. The first kappa shape index (κ1) is 14.0. The smallest absolute Gasteiger partial charge is 0.273 e. The lowest BCUT2D eigenvalue weighted by molar-refractivity contribution is -0.385. The van der Waals surface area contributed by atoms with Gasteiger partial charge in [0.25, 0.3) is 5.69 Å². The monoisotopic (exact) mass is 301 g/mol. The molecule has 0 aliphatic carbocycles. The van der Waals surface area contributed by atoms with Gasteiger partial charge in [-0.1, -0.05) is 20.3 Å². The maximum atomic E-state index is 10.6. The number of ether oxygens (including phenoxy) is 1. The van der Waals surface area contributed by atoms with Gasteiger partial charge in [0.05, 0.1) is 22.1 Å². The number of hydrogen-bond acceptors (Lipinski definition) is 3. The van der Waals surface area contributed by atoms with Gasteiger partial charge in [0, 0.05) is 6.07 Å². The van der Waals surface area contributed by atoms with Crippen molar-refractivity contribution in [2.24, 2.45) is 5.92 Å². The zero-order valence-electron chi connectivity index (χ0n) is 9.98. The first-order valence-electron chi connectivity index (χ1n) is 5.61. The summed E-state index contributed by atoms with van der Waals surface area (Å²) < 4.78 is 6.33. The second-order valence-electron chi connectivity index (χ2n) is 4.08. The largest absolute Gasteiger partial charge is 0.492 e. The summed E-state index contributed by atoms with van der Waals surface area (Å²) in [7, 11) is 0. The zero-order valence-corrected chi connectivity index (χ0v) is 11.6. The molecule has 0 aliphatic rings. The molecule has 1 aromatic carbocycles. The van der Waals surface area contributed by atoms with Crippen molar-refractivity contribution in [3.63, 3.8) is 0 Å². The first-order chi connectivity index (χ1) is 8.04. The third-order valence-corrected chi connectivity index (χ3v) is 3.09. The second kappa shape index (κ2) is 6.59. The number of nitrogens with zero attached hydrogens (tertiary/aromatic N) is 1. The van der Waals surface area contributed by atoms with E-state index < -0.39 is 4.92 Å². The molecule has 5 heteroatoms. The highest BCUT2D eigenvalue weighted by atomic mass is 79.9. The lowest BCUT2D eigenvalue weighted by atomic mass is 10.1. The van der Waals surface area contributed by atoms with Crippen LogP contribution in [0.3, 0.4) is 0 Å². The van der Waals surface area contributed by atoms with Crippen molar-refractivity contribution >= 4 is 21.6 Å². The molecule has 0 saturated carbocycles. The van der Waals surface area contributed by atoms with Gasteiger partial charge in [-0.2, -0.15) is 0 Å². The van der Waals surface area contributed by atoms with Crippen LogP contribution in [0.1, 0.15) is 26.7 Å². The van der Waals surface area contributed by atoms with Crippen LogP contribution in [0.25, 0.3) is 0 Å². The summed E-state index contributed by atoms with van der Waals surface area (Å²) in [6.07, 6.45) is 2.20. The van der Waals surface area contributed by atoms with E-state index in [1.54, 1.807) is 6.07 Å². The number of non-ortho nitro benzene ring substituents is 1. The van der Waals surface area contributed by atoms with Crippen LogP contribution < -0.4 is 4.74 Å². The standard InChI is InChI=1S/C12H16BrNO3/c1-3-4-9(2)8-17-12-7-10(14(15)16)5-6-11(12)13/h5-7,9H,3-4,8H2,1-2H3. The average Bonchev–Trinajstić information content (AvgIpc) is 2.28. The second-order valence-corrected chi connectivity index (χ2v) is 4.93. The van der Waals surface area contributed by atoms with Crippen LogP contribution in [-0.4, -0.2) is 11.5 Å². The van der Waals surface area contributed by atoms with E-state index in [-0.39, 0.29) is 5.69 Å². The summed E-state index contributed by atoms with van der Waals surface area (Å²) in [4.78, 5) is 10.2. The number of nitro groups is 1. The Bertz CT molecular complexity index is 395. The fourth-order valence-corrected chi connectivity index (χ4v) is 1.89. The van der Waals surface area contributed by atoms with E-state index in [0.717, 1.165) is 17.3 Å². The first-order valence-corrected chi connectivity index (χ1v) is 6.40. The van der Waals surface area contributed by atoms with Crippen LogP contribution in [0, 0.1) is 16.0 Å². The minimum atomic E-state index is -0.422. The molecule has 0 amide bonds. The third-order valence-electron chi connectivity index (χ3n) is 2.43. The molecule has 0 bridgehead atoms. The van der Waals surface area contributed by atoms with Crippen molar-refractivity contribution in [3.05, 3.63) is 32.8 Å². The molecule has 0 fully saturated rings. The van der Waals surface area contributed by atoms with Gasteiger partial charge in [-0.15, -0.1) is 0 Å². The quantitative estimate of drug-likeness (QED) is 0.585. The Morgan fingerprint density at radius 2 is 2.24 bits per heavy atom. The number of benzene rings is 1. The predicted molar refractivity (Wildman–Crippen MR) is 70.4 cm³/mol. The molecular weight excluding hydrogens is 286 g/mol. The Kier molecular flexibility index (Phi) is 5.41. The fourth-order valence-electron chi connectivity index (χ4n) is 1.52. The lowest BCUT2D eigenvalue weighted by Crippen LogP contribution is -2.08. The fraction of sp³-hybridized carbons (Fsp3) is 0.500. The van der Waals surface area contributed by atoms with Crippen molar-refractivity contribution in [2.75, 3.05) is 6.61 Å². The Labute approximate surface area is 109 Å². The molecule has 1 atom stereocenters. The molecule has 0 N–H and O–H groups in total. The zero-order chi connectivity index (χ0) is 12.8. The van der Waals surface area contributed by atoms with E-state index in [1.165, 1.54) is 12.1 Å². The van der Waals surface area contributed by atoms with Gasteiger partial charge in [0.2, 0.25) is 0 Å². The van der Waals surface area contributed by atoms with E-state index in [9.17, 15) is 10.1 Å². The van der Waals surface area contributed by atoms with Crippen LogP contribution in [-0.2, 0) is 0 Å². The molecule has 1 aromatic rings. The van der Waals surface area contributed by atoms with Gasteiger partial charge in [0.15, 0.2) is 0 Å². The molecule has 0 saturated heterocycles. The third kappa shape index (κ3) is 4.34. The van der Waals surface area contributed by atoms with Crippen molar-refractivity contribution < 1.29 is 9.66 Å². The Morgan fingerprint density at radius 1 is 1.53 bits per heavy atom. The van der Waals surface area contributed by atoms with Crippen molar-refractivity contribution in [1.29, 1.82) is 0 Å². The van der Waals surface area contributed by atoms with Crippen LogP contribution in [0.15, 0.2) is 22.7 Å². The minimum absolute atomic E-state index is 0.0475. The van der Waals surface area contributed by atoms with Gasteiger partial charge in [-0.25, -0.2) is 0 Å². The van der Waals surface area contributed by atoms with Crippen LogP contribution >= 0.6 is 15.9 Å². The van der Waals surface area contributed by atoms with E-state index >= 15 is 0 Å². The number of nitro benzene ring substituents is 1. The minimum Gasteiger partial charge on any atom is -0.492 e. The lowest BCUT2D eigenvalue weighted by Gasteiger charge is -2.12. The highest BCUT2D eigenvalue weighted by Gasteiger charge is 2.11. The van der Waals surface area contributed by atoms with E-state index in [0.29, 0.717) is 18.3 Å². The number of hydrogen-bond donors (Lipinski definition) is 0. The van der Waals surface area contributed by atoms with Gasteiger partial charge in [-0.05, 0) is 34.3 Å². The van der Waals surface area contributed by atoms with Gasteiger partial charge >= 0.3 is 0 Å². The van der Waals surface area contributed by atoms with Gasteiger partial charge in [0.1, 0.15) is 5.75 Å². The summed E-state index contributed by atoms with van der Waals surface area (Å²) in [5.74, 6) is 0.980. The summed E-state index contributed by atoms with van der Waals surface area (Å²) in [6.45, 7) is 4.81. The SMILES string of the molecule is CCCC(C)COc1cc([N+](=O)[O-])ccc1Br. The topological polar surface area (TPSA) is 52.4 Å². The molecule has 4 nitrogen and oxygen atoms in total. The molecule has 1 unspecified atom stereocenters. The van der Waals surface area contributed by atoms with Crippen molar-refractivity contribution in [3.8, 4) is 5.75 Å².